The van der Waals surface area contributed by atoms with Gasteiger partial charge in [-0.05, 0) is 67.8 Å². The quantitative estimate of drug-likeness (QED) is 0.580. The second kappa shape index (κ2) is 7.98. The Hall–Kier alpha value is -2.76. The van der Waals surface area contributed by atoms with Crippen LogP contribution in [0.5, 0.6) is 0 Å². The molecule has 1 aliphatic heterocycles. The molecule has 1 saturated heterocycles. The third-order valence-electron chi connectivity index (χ3n) is 5.64. The summed E-state index contributed by atoms with van der Waals surface area (Å²) in [5, 5.41) is 9.43. The van der Waals surface area contributed by atoms with Crippen LogP contribution in [0.4, 0.5) is 4.39 Å². The Bertz CT molecular complexity index is 1420. The molecular weight excluding hydrogens is 459 g/mol. The van der Waals surface area contributed by atoms with E-state index in [4.69, 9.17) is 0 Å². The van der Waals surface area contributed by atoms with Gasteiger partial charge in [0.05, 0.1) is 21.7 Å². The van der Waals surface area contributed by atoms with E-state index >= 15 is 0 Å². The number of aromatic nitrogens is 1. The maximum absolute atomic E-state index is 13.8. The molecule has 8 nitrogen and oxygen atoms in total. The lowest BCUT2D eigenvalue weighted by molar-refractivity contribution is -0.136. The van der Waals surface area contributed by atoms with Crippen molar-refractivity contribution in [3.8, 4) is 0 Å². The maximum atomic E-state index is 13.8. The van der Waals surface area contributed by atoms with Crippen molar-refractivity contribution in [1.82, 2.24) is 8.28 Å². The molecule has 0 radical (unpaired) electrons. The van der Waals surface area contributed by atoms with E-state index in [1.54, 1.807) is 0 Å². The Morgan fingerprint density at radius 3 is 2.09 bits per heavy atom. The Morgan fingerprint density at radius 1 is 0.969 bits per heavy atom. The minimum absolute atomic E-state index is 0.000994. The zero-order valence-corrected chi connectivity index (χ0v) is 18.8. The molecule has 0 unspecified atom stereocenters. The van der Waals surface area contributed by atoms with Gasteiger partial charge in [-0.15, -0.1) is 0 Å². The molecule has 0 amide bonds. The molecule has 1 N–H and O–H groups in total. The summed E-state index contributed by atoms with van der Waals surface area (Å²) in [6.45, 7) is 2.32. The molecular formula is C21H21FN2O6S2. The Labute approximate surface area is 185 Å². The van der Waals surface area contributed by atoms with Crippen LogP contribution in [0.15, 0.2) is 52.3 Å². The largest absolute Gasteiger partial charge is 0.481 e. The number of nitrogens with zero attached hydrogens (tertiary/aromatic N) is 2. The van der Waals surface area contributed by atoms with Gasteiger partial charge in [0.25, 0.3) is 10.0 Å². The van der Waals surface area contributed by atoms with Crippen molar-refractivity contribution >= 4 is 36.9 Å². The number of benzene rings is 2. The number of rotatable bonds is 6. The van der Waals surface area contributed by atoms with Crippen LogP contribution in [0.3, 0.4) is 0 Å². The molecule has 4 rings (SSSR count). The van der Waals surface area contributed by atoms with Crippen molar-refractivity contribution < 1.29 is 31.1 Å². The summed E-state index contributed by atoms with van der Waals surface area (Å²) in [7, 11) is -7.91. The van der Waals surface area contributed by atoms with Crippen LogP contribution in [-0.2, 0) is 31.3 Å². The van der Waals surface area contributed by atoms with Gasteiger partial charge >= 0.3 is 5.97 Å². The lowest BCUT2D eigenvalue weighted by Crippen LogP contribution is -2.27. The normalized spacial score (nSPS) is 15.4. The molecule has 2 heterocycles. The number of sulfonamides is 1. The monoisotopic (exact) mass is 480 g/mol. The van der Waals surface area contributed by atoms with Gasteiger partial charge in [-0.25, -0.2) is 25.2 Å². The van der Waals surface area contributed by atoms with Gasteiger partial charge in [0.2, 0.25) is 10.0 Å². The highest BCUT2D eigenvalue weighted by molar-refractivity contribution is 7.90. The molecule has 0 atom stereocenters. The van der Waals surface area contributed by atoms with Crippen LogP contribution < -0.4 is 0 Å². The number of aliphatic carboxylic acids is 1. The summed E-state index contributed by atoms with van der Waals surface area (Å²) in [6.07, 6.45) is 1.09. The summed E-state index contributed by atoms with van der Waals surface area (Å²) in [5.41, 5.74) is 0.500. The molecule has 1 fully saturated rings. The van der Waals surface area contributed by atoms with Gasteiger partial charge in [-0.3, -0.25) is 4.79 Å². The standard InChI is InChI=1S/C21H21FN2O6S2/c1-14-18(13-21(25)26)19-12-15(22)4-9-20(19)24(14)32(29,30)17-7-5-16(6-8-17)31(27,28)23-10-2-3-11-23/h4-9,12H,2-3,10-11,13H2,1H3,(H,25,26). The van der Waals surface area contributed by atoms with Crippen molar-refractivity contribution in [2.75, 3.05) is 13.1 Å². The van der Waals surface area contributed by atoms with E-state index in [0.29, 0.717) is 13.1 Å². The van der Waals surface area contributed by atoms with E-state index in [9.17, 15) is 31.1 Å². The van der Waals surface area contributed by atoms with Crippen molar-refractivity contribution in [3.63, 3.8) is 0 Å². The number of fused-ring (bicyclic) bond motifs is 1. The van der Waals surface area contributed by atoms with E-state index in [1.807, 2.05) is 0 Å². The first kappa shape index (κ1) is 22.4. The average Bonchev–Trinajstić information content (AvgIpc) is 3.36. The average molecular weight is 481 g/mol. The van der Waals surface area contributed by atoms with Gasteiger partial charge in [0.1, 0.15) is 5.82 Å². The first-order valence-corrected chi connectivity index (χ1v) is 12.8. The zero-order chi connectivity index (χ0) is 23.3. The molecule has 11 heteroatoms. The fourth-order valence-electron chi connectivity index (χ4n) is 4.08. The second-order valence-electron chi connectivity index (χ2n) is 7.65. The third kappa shape index (κ3) is 3.70. The molecule has 0 saturated carbocycles. The van der Waals surface area contributed by atoms with E-state index in [0.717, 1.165) is 28.9 Å². The summed E-state index contributed by atoms with van der Waals surface area (Å²) in [4.78, 5) is 11.1. The second-order valence-corrected chi connectivity index (χ2v) is 11.4. The SMILES string of the molecule is Cc1c(CC(=O)O)c2cc(F)ccc2n1S(=O)(=O)c1ccc(S(=O)(=O)N2CCCC2)cc1. The van der Waals surface area contributed by atoms with Gasteiger partial charge in [-0.1, -0.05) is 0 Å². The summed E-state index contributed by atoms with van der Waals surface area (Å²) in [6, 6.07) is 8.42. The topological polar surface area (TPSA) is 114 Å². The van der Waals surface area contributed by atoms with Crippen molar-refractivity contribution in [1.29, 1.82) is 0 Å². The molecule has 0 spiro atoms. The number of hydrogen-bond donors (Lipinski definition) is 1. The van der Waals surface area contributed by atoms with Crippen molar-refractivity contribution in [2.24, 2.45) is 0 Å². The highest BCUT2D eigenvalue weighted by atomic mass is 32.2. The van der Waals surface area contributed by atoms with Crippen LogP contribution in [0.1, 0.15) is 24.1 Å². The van der Waals surface area contributed by atoms with E-state index < -0.39 is 38.3 Å². The Kier molecular flexibility index (Phi) is 5.60. The number of halogens is 1. The molecule has 170 valence electrons. The summed E-state index contributed by atoms with van der Waals surface area (Å²) in [5.74, 6) is -1.79. The fraction of sp³-hybridized carbons (Fsp3) is 0.286. The molecule has 1 aliphatic rings. The highest BCUT2D eigenvalue weighted by Crippen LogP contribution is 2.31. The molecule has 0 aliphatic carbocycles. The van der Waals surface area contributed by atoms with Crippen LogP contribution in [-0.4, -0.2) is 49.3 Å². The van der Waals surface area contributed by atoms with Crippen LogP contribution in [0.2, 0.25) is 0 Å². The molecule has 1 aromatic heterocycles. The van der Waals surface area contributed by atoms with Crippen LogP contribution in [0.25, 0.3) is 10.9 Å². The third-order valence-corrected chi connectivity index (χ3v) is 9.37. The lowest BCUT2D eigenvalue weighted by atomic mass is 10.1. The van der Waals surface area contributed by atoms with E-state index in [-0.39, 0.29) is 32.0 Å². The minimum atomic E-state index is -4.21. The minimum Gasteiger partial charge on any atom is -0.481 e. The van der Waals surface area contributed by atoms with E-state index in [1.165, 1.54) is 41.6 Å². The molecule has 0 bridgehead atoms. The van der Waals surface area contributed by atoms with Crippen molar-refractivity contribution in [3.05, 3.63) is 59.5 Å². The predicted molar refractivity (Wildman–Crippen MR) is 115 cm³/mol. The molecule has 2 aromatic carbocycles. The van der Waals surface area contributed by atoms with Gasteiger partial charge < -0.3 is 5.11 Å². The van der Waals surface area contributed by atoms with E-state index in [2.05, 4.69) is 0 Å². The van der Waals surface area contributed by atoms with Gasteiger partial charge in [-0.2, -0.15) is 4.31 Å². The lowest BCUT2D eigenvalue weighted by Gasteiger charge is -2.16. The fourth-order valence-corrected chi connectivity index (χ4v) is 7.17. The summed E-state index contributed by atoms with van der Waals surface area (Å²) < 4.78 is 68.5. The van der Waals surface area contributed by atoms with Gasteiger partial charge in [0, 0.05) is 24.2 Å². The van der Waals surface area contributed by atoms with Crippen LogP contribution in [0, 0.1) is 12.7 Å². The smallest absolute Gasteiger partial charge is 0.307 e. The number of hydrogen-bond acceptors (Lipinski definition) is 5. The van der Waals surface area contributed by atoms with Crippen molar-refractivity contribution in [2.45, 2.75) is 36.0 Å². The first-order chi connectivity index (χ1) is 15.0. The number of carbonyl (C=O) groups is 1. The maximum Gasteiger partial charge on any atom is 0.307 e. The summed E-state index contributed by atoms with van der Waals surface area (Å²) >= 11 is 0. The number of carboxylic acids is 1. The first-order valence-electron chi connectivity index (χ1n) is 9.90. The Balaban J connectivity index is 1.82. The van der Waals surface area contributed by atoms with Crippen LogP contribution >= 0.6 is 0 Å². The predicted octanol–water partition coefficient (Wildman–Crippen LogP) is 2.74. The Morgan fingerprint density at radius 2 is 1.53 bits per heavy atom. The highest BCUT2D eigenvalue weighted by Gasteiger charge is 2.29. The zero-order valence-electron chi connectivity index (χ0n) is 17.2. The molecule has 32 heavy (non-hydrogen) atoms. The van der Waals surface area contributed by atoms with Gasteiger partial charge in [0.15, 0.2) is 0 Å². The molecule has 3 aromatic rings. The number of carboxylic acid groups (broad SMARTS) is 1.